The second kappa shape index (κ2) is 4.83. The molecule has 0 saturated heterocycles. The number of aromatic nitrogens is 3. The Morgan fingerprint density at radius 2 is 1.29 bits per heavy atom. The van der Waals surface area contributed by atoms with E-state index in [1.54, 1.807) is 0 Å². The highest BCUT2D eigenvalue weighted by molar-refractivity contribution is 5.97. The molecule has 0 bridgehead atoms. The Morgan fingerprint density at radius 1 is 0.667 bits per heavy atom. The average Bonchev–Trinajstić information content (AvgIpc) is 3.05. The maximum Gasteiger partial charge on any atom is 0.162 e. The Bertz CT molecular complexity index is 812. The molecule has 4 heteroatoms. The van der Waals surface area contributed by atoms with Crippen molar-refractivity contribution in [3.63, 3.8) is 0 Å². The number of benzene rings is 2. The van der Waals surface area contributed by atoms with Crippen LogP contribution in [0, 0.1) is 0 Å². The molecule has 2 aromatic heterocycles. The van der Waals surface area contributed by atoms with Crippen LogP contribution in [0.25, 0.3) is 33.4 Å². The molecule has 100 valence electrons. The summed E-state index contributed by atoms with van der Waals surface area (Å²) in [5.74, 6) is 0. The number of pyridine rings is 1. The third-order valence-electron chi connectivity index (χ3n) is 3.42. The smallest absolute Gasteiger partial charge is 0.162 e. The molecule has 0 atom stereocenters. The SMILES string of the molecule is c1ccc(-c2cnc(-c3ccccc3)c3nonc23)cc1. The Labute approximate surface area is 121 Å². The average molecular weight is 273 g/mol. The third kappa shape index (κ3) is 1.97. The van der Waals surface area contributed by atoms with Crippen LogP contribution in [0.2, 0.25) is 0 Å². The first-order valence-corrected chi connectivity index (χ1v) is 6.65. The molecule has 2 heterocycles. The molecule has 21 heavy (non-hydrogen) atoms. The topological polar surface area (TPSA) is 51.8 Å². The van der Waals surface area contributed by atoms with Crippen LogP contribution in [0.1, 0.15) is 0 Å². The quantitative estimate of drug-likeness (QED) is 0.555. The van der Waals surface area contributed by atoms with E-state index in [1.165, 1.54) is 0 Å². The summed E-state index contributed by atoms with van der Waals surface area (Å²) in [5.41, 5.74) is 5.17. The predicted molar refractivity (Wildman–Crippen MR) is 80.5 cm³/mol. The molecule has 0 N–H and O–H groups in total. The zero-order valence-corrected chi connectivity index (χ0v) is 11.1. The van der Waals surface area contributed by atoms with E-state index in [4.69, 9.17) is 4.63 Å². The van der Waals surface area contributed by atoms with Gasteiger partial charge in [0.1, 0.15) is 11.2 Å². The first-order chi connectivity index (χ1) is 10.4. The summed E-state index contributed by atoms with van der Waals surface area (Å²) < 4.78 is 4.95. The summed E-state index contributed by atoms with van der Waals surface area (Å²) in [7, 11) is 0. The fraction of sp³-hybridized carbons (Fsp3) is 0. The summed E-state index contributed by atoms with van der Waals surface area (Å²) in [6, 6.07) is 19.9. The van der Waals surface area contributed by atoms with Gasteiger partial charge >= 0.3 is 0 Å². The summed E-state index contributed by atoms with van der Waals surface area (Å²) in [4.78, 5) is 4.56. The van der Waals surface area contributed by atoms with Gasteiger partial charge in [-0.3, -0.25) is 4.98 Å². The number of rotatable bonds is 2. The van der Waals surface area contributed by atoms with Crippen molar-refractivity contribution in [2.24, 2.45) is 0 Å². The van der Waals surface area contributed by atoms with Gasteiger partial charge < -0.3 is 0 Å². The molecule has 0 unspecified atom stereocenters. The van der Waals surface area contributed by atoms with Crippen molar-refractivity contribution in [2.45, 2.75) is 0 Å². The van der Waals surface area contributed by atoms with E-state index in [9.17, 15) is 0 Å². The molecule has 0 aliphatic rings. The van der Waals surface area contributed by atoms with Crippen molar-refractivity contribution in [1.82, 2.24) is 15.3 Å². The van der Waals surface area contributed by atoms with Crippen molar-refractivity contribution in [3.05, 3.63) is 66.9 Å². The normalized spacial score (nSPS) is 10.9. The highest BCUT2D eigenvalue weighted by Crippen LogP contribution is 2.31. The van der Waals surface area contributed by atoms with E-state index in [2.05, 4.69) is 15.3 Å². The molecule has 0 aliphatic carbocycles. The van der Waals surface area contributed by atoms with E-state index < -0.39 is 0 Å². The van der Waals surface area contributed by atoms with Gasteiger partial charge in [-0.25, -0.2) is 4.63 Å². The zero-order chi connectivity index (χ0) is 14.1. The first kappa shape index (κ1) is 11.8. The molecule has 2 aromatic carbocycles. The minimum atomic E-state index is 0.683. The zero-order valence-electron chi connectivity index (χ0n) is 11.1. The van der Waals surface area contributed by atoms with Crippen molar-refractivity contribution < 1.29 is 4.63 Å². The van der Waals surface area contributed by atoms with Gasteiger partial charge in [0.2, 0.25) is 0 Å². The number of fused-ring (bicyclic) bond motifs is 1. The molecule has 4 rings (SSSR count). The molecule has 0 radical (unpaired) electrons. The number of hydrogen-bond donors (Lipinski definition) is 0. The van der Waals surface area contributed by atoms with Gasteiger partial charge in [0.05, 0.1) is 0 Å². The predicted octanol–water partition coefficient (Wildman–Crippen LogP) is 3.95. The Balaban J connectivity index is 1.97. The summed E-state index contributed by atoms with van der Waals surface area (Å²) >= 11 is 0. The lowest BCUT2D eigenvalue weighted by Crippen LogP contribution is -1.89. The van der Waals surface area contributed by atoms with Crippen LogP contribution in [0.15, 0.2) is 71.5 Å². The molecule has 0 saturated carbocycles. The van der Waals surface area contributed by atoms with Crippen molar-refractivity contribution in [3.8, 4) is 22.4 Å². The van der Waals surface area contributed by atoms with Crippen LogP contribution in [0.4, 0.5) is 0 Å². The van der Waals surface area contributed by atoms with E-state index >= 15 is 0 Å². The lowest BCUT2D eigenvalue weighted by Gasteiger charge is -2.04. The van der Waals surface area contributed by atoms with Crippen LogP contribution in [0.5, 0.6) is 0 Å². The lowest BCUT2D eigenvalue weighted by atomic mass is 10.0. The van der Waals surface area contributed by atoms with Gasteiger partial charge in [0.25, 0.3) is 0 Å². The van der Waals surface area contributed by atoms with Crippen LogP contribution >= 0.6 is 0 Å². The van der Waals surface area contributed by atoms with Gasteiger partial charge in [-0.05, 0) is 15.9 Å². The van der Waals surface area contributed by atoms with E-state index in [0.717, 1.165) is 27.9 Å². The maximum absolute atomic E-state index is 4.95. The highest BCUT2D eigenvalue weighted by Gasteiger charge is 2.15. The summed E-state index contributed by atoms with van der Waals surface area (Å²) in [6.45, 7) is 0. The maximum atomic E-state index is 4.95. The fourth-order valence-electron chi connectivity index (χ4n) is 2.41. The minimum absolute atomic E-state index is 0.683. The second-order valence-electron chi connectivity index (χ2n) is 4.71. The fourth-order valence-corrected chi connectivity index (χ4v) is 2.41. The molecular formula is C17H11N3O. The van der Waals surface area contributed by atoms with Crippen LogP contribution in [-0.4, -0.2) is 15.3 Å². The summed E-state index contributed by atoms with van der Waals surface area (Å²) in [5, 5.41) is 8.09. The second-order valence-corrected chi connectivity index (χ2v) is 4.71. The van der Waals surface area contributed by atoms with Crippen molar-refractivity contribution in [1.29, 1.82) is 0 Å². The van der Waals surface area contributed by atoms with Crippen LogP contribution in [0.3, 0.4) is 0 Å². The number of hydrogen-bond acceptors (Lipinski definition) is 4. The van der Waals surface area contributed by atoms with Crippen molar-refractivity contribution >= 4 is 11.0 Å². The molecular weight excluding hydrogens is 262 g/mol. The van der Waals surface area contributed by atoms with Gasteiger partial charge in [-0.1, -0.05) is 60.7 Å². The van der Waals surface area contributed by atoms with E-state index in [0.29, 0.717) is 5.52 Å². The van der Waals surface area contributed by atoms with Gasteiger partial charge in [-0.2, -0.15) is 0 Å². The first-order valence-electron chi connectivity index (χ1n) is 6.65. The Morgan fingerprint density at radius 3 is 2.00 bits per heavy atom. The largest absolute Gasteiger partial charge is 0.253 e. The van der Waals surface area contributed by atoms with Gasteiger partial charge in [-0.15, -0.1) is 0 Å². The third-order valence-corrected chi connectivity index (χ3v) is 3.42. The highest BCUT2D eigenvalue weighted by atomic mass is 16.6. The molecule has 0 fully saturated rings. The van der Waals surface area contributed by atoms with Crippen LogP contribution in [-0.2, 0) is 0 Å². The minimum Gasteiger partial charge on any atom is -0.253 e. The molecule has 0 amide bonds. The van der Waals surface area contributed by atoms with Crippen LogP contribution < -0.4 is 0 Å². The lowest BCUT2D eigenvalue weighted by molar-refractivity contribution is 0.315. The van der Waals surface area contributed by atoms with Crippen molar-refractivity contribution in [2.75, 3.05) is 0 Å². The Hall–Kier alpha value is -3.01. The van der Waals surface area contributed by atoms with E-state index in [1.807, 2.05) is 66.9 Å². The van der Waals surface area contributed by atoms with Gasteiger partial charge in [0.15, 0.2) is 5.52 Å². The molecule has 0 aliphatic heterocycles. The number of nitrogens with zero attached hydrogens (tertiary/aromatic N) is 3. The molecule has 0 spiro atoms. The molecule has 4 aromatic rings. The van der Waals surface area contributed by atoms with Gasteiger partial charge in [0, 0.05) is 17.3 Å². The molecule has 4 nitrogen and oxygen atoms in total. The van der Waals surface area contributed by atoms with E-state index in [-0.39, 0.29) is 0 Å². The summed E-state index contributed by atoms with van der Waals surface area (Å²) in [6.07, 6.45) is 1.82. The standard InChI is InChI=1S/C17H11N3O/c1-3-7-12(8-4-1)14-11-18-15(13-9-5-2-6-10-13)17-16(14)19-21-20-17/h1-11H. The monoisotopic (exact) mass is 273 g/mol. The Kier molecular flexibility index (Phi) is 2.71.